The normalized spacial score (nSPS) is 12.0. The van der Waals surface area contributed by atoms with E-state index in [0.717, 1.165) is 16.0 Å². The summed E-state index contributed by atoms with van der Waals surface area (Å²) in [4.78, 5) is 29.2. The lowest BCUT2D eigenvalue weighted by Crippen LogP contribution is -2.44. The largest absolute Gasteiger partial charge is 0.459 e. The van der Waals surface area contributed by atoms with Crippen molar-refractivity contribution in [3.8, 4) is 0 Å². The Hall–Kier alpha value is -2.32. The SMILES string of the molecule is CSCC[C@@H](NC(=O)c1ccco1)C(=O)Nc1nc2ccccc2s1. The molecule has 0 saturated heterocycles. The van der Waals surface area contributed by atoms with Crippen molar-refractivity contribution in [2.24, 2.45) is 0 Å². The number of hydrogen-bond donors (Lipinski definition) is 2. The fourth-order valence-corrected chi connectivity index (χ4v) is 3.60. The third-order valence-electron chi connectivity index (χ3n) is 3.50. The van der Waals surface area contributed by atoms with Crippen molar-refractivity contribution in [1.29, 1.82) is 0 Å². The number of amides is 2. The van der Waals surface area contributed by atoms with Gasteiger partial charge in [0, 0.05) is 0 Å². The van der Waals surface area contributed by atoms with Crippen molar-refractivity contribution in [3.63, 3.8) is 0 Å². The van der Waals surface area contributed by atoms with E-state index in [2.05, 4.69) is 15.6 Å². The van der Waals surface area contributed by atoms with Crippen LogP contribution in [0.2, 0.25) is 0 Å². The Balaban J connectivity index is 1.70. The van der Waals surface area contributed by atoms with Crippen molar-refractivity contribution in [1.82, 2.24) is 10.3 Å². The molecular weight excluding hydrogens is 358 g/mol. The number of carbonyl (C=O) groups is 2. The van der Waals surface area contributed by atoms with E-state index in [9.17, 15) is 9.59 Å². The fourth-order valence-electron chi connectivity index (χ4n) is 2.26. The van der Waals surface area contributed by atoms with Crippen molar-refractivity contribution in [2.75, 3.05) is 17.3 Å². The Morgan fingerprint density at radius 1 is 1.28 bits per heavy atom. The van der Waals surface area contributed by atoms with E-state index in [-0.39, 0.29) is 11.7 Å². The van der Waals surface area contributed by atoms with E-state index in [1.165, 1.54) is 17.6 Å². The number of thiazole rings is 1. The van der Waals surface area contributed by atoms with Gasteiger partial charge in [-0.1, -0.05) is 23.5 Å². The number of aromatic nitrogens is 1. The first-order valence-corrected chi connectivity index (χ1v) is 9.88. The molecule has 130 valence electrons. The molecule has 2 aromatic heterocycles. The molecule has 2 amide bonds. The van der Waals surface area contributed by atoms with Gasteiger partial charge >= 0.3 is 0 Å². The quantitative estimate of drug-likeness (QED) is 0.661. The summed E-state index contributed by atoms with van der Waals surface area (Å²) >= 11 is 3.02. The number of carbonyl (C=O) groups excluding carboxylic acids is 2. The molecule has 6 nitrogen and oxygen atoms in total. The molecule has 0 unspecified atom stereocenters. The van der Waals surface area contributed by atoms with Gasteiger partial charge in [0.25, 0.3) is 5.91 Å². The number of thioether (sulfide) groups is 1. The molecular formula is C17H17N3O3S2. The molecule has 0 aliphatic carbocycles. The Labute approximate surface area is 153 Å². The highest BCUT2D eigenvalue weighted by atomic mass is 32.2. The van der Waals surface area contributed by atoms with Gasteiger partial charge in [0.05, 0.1) is 16.5 Å². The van der Waals surface area contributed by atoms with E-state index < -0.39 is 11.9 Å². The Kier molecular flexibility index (Phi) is 5.72. The van der Waals surface area contributed by atoms with E-state index in [0.29, 0.717) is 11.6 Å². The lowest BCUT2D eigenvalue weighted by Gasteiger charge is -2.16. The first-order valence-electron chi connectivity index (χ1n) is 7.67. The Morgan fingerprint density at radius 2 is 2.12 bits per heavy atom. The van der Waals surface area contributed by atoms with Crippen LogP contribution in [0.4, 0.5) is 5.13 Å². The fraction of sp³-hybridized carbons (Fsp3) is 0.235. The minimum Gasteiger partial charge on any atom is -0.459 e. The summed E-state index contributed by atoms with van der Waals surface area (Å²) in [5, 5.41) is 6.05. The van der Waals surface area contributed by atoms with Crippen LogP contribution in [0.1, 0.15) is 17.0 Å². The molecule has 2 heterocycles. The van der Waals surface area contributed by atoms with E-state index in [1.807, 2.05) is 30.5 Å². The summed E-state index contributed by atoms with van der Waals surface area (Å²) in [7, 11) is 0. The molecule has 0 aliphatic heterocycles. The van der Waals surface area contributed by atoms with Gasteiger partial charge in [0.1, 0.15) is 6.04 Å². The molecule has 8 heteroatoms. The van der Waals surface area contributed by atoms with Crippen molar-refractivity contribution >= 4 is 50.3 Å². The summed E-state index contributed by atoms with van der Waals surface area (Å²) in [6, 6.07) is 10.2. The standard InChI is InChI=1S/C17H17N3O3S2/c1-24-10-8-12(18-16(22)13-6-4-9-23-13)15(21)20-17-19-11-5-2-3-7-14(11)25-17/h2-7,9,12H,8,10H2,1H3,(H,18,22)(H,19,20,21)/t12-/m1/s1. The number of benzene rings is 1. The molecule has 0 spiro atoms. The first kappa shape index (κ1) is 17.5. The van der Waals surface area contributed by atoms with Crippen molar-refractivity contribution in [3.05, 3.63) is 48.4 Å². The third kappa shape index (κ3) is 4.40. The third-order valence-corrected chi connectivity index (χ3v) is 5.10. The predicted octanol–water partition coefficient (Wildman–Crippen LogP) is 3.38. The smallest absolute Gasteiger partial charge is 0.287 e. The molecule has 0 fully saturated rings. The lowest BCUT2D eigenvalue weighted by atomic mass is 10.2. The van der Waals surface area contributed by atoms with Crippen LogP contribution in [-0.2, 0) is 4.79 Å². The highest BCUT2D eigenvalue weighted by Crippen LogP contribution is 2.25. The molecule has 25 heavy (non-hydrogen) atoms. The van der Waals surface area contributed by atoms with Crippen LogP contribution in [0.15, 0.2) is 47.1 Å². The van der Waals surface area contributed by atoms with Gasteiger partial charge < -0.3 is 15.1 Å². The topological polar surface area (TPSA) is 84.2 Å². The lowest BCUT2D eigenvalue weighted by molar-refractivity contribution is -0.118. The van der Waals surface area contributed by atoms with E-state index in [4.69, 9.17) is 4.42 Å². The van der Waals surface area contributed by atoms with Gasteiger partial charge in [-0.25, -0.2) is 4.98 Å². The van der Waals surface area contributed by atoms with Gasteiger partial charge in [-0.2, -0.15) is 11.8 Å². The number of rotatable bonds is 7. The average molecular weight is 375 g/mol. The number of furan rings is 1. The van der Waals surface area contributed by atoms with Crippen LogP contribution in [0.3, 0.4) is 0 Å². The number of para-hydroxylation sites is 1. The zero-order chi connectivity index (χ0) is 17.6. The summed E-state index contributed by atoms with van der Waals surface area (Å²) in [5.41, 5.74) is 0.836. The van der Waals surface area contributed by atoms with Crippen LogP contribution < -0.4 is 10.6 Å². The van der Waals surface area contributed by atoms with E-state index >= 15 is 0 Å². The summed E-state index contributed by atoms with van der Waals surface area (Å²) < 4.78 is 6.08. The van der Waals surface area contributed by atoms with Crippen LogP contribution in [0.5, 0.6) is 0 Å². The van der Waals surface area contributed by atoms with Gasteiger partial charge in [-0.3, -0.25) is 9.59 Å². The predicted molar refractivity (Wildman–Crippen MR) is 101 cm³/mol. The Bertz CT molecular complexity index is 828. The van der Waals surface area contributed by atoms with Crippen LogP contribution >= 0.6 is 23.1 Å². The summed E-state index contributed by atoms with van der Waals surface area (Å²) in [5.74, 6) is 0.238. The molecule has 0 saturated carbocycles. The van der Waals surface area contributed by atoms with Crippen molar-refractivity contribution < 1.29 is 14.0 Å². The second kappa shape index (κ2) is 8.17. The molecule has 1 atom stereocenters. The molecule has 0 bridgehead atoms. The number of hydrogen-bond acceptors (Lipinski definition) is 6. The highest BCUT2D eigenvalue weighted by Gasteiger charge is 2.23. The molecule has 3 aromatic rings. The van der Waals surface area contributed by atoms with Gasteiger partial charge in [0.2, 0.25) is 5.91 Å². The number of fused-ring (bicyclic) bond motifs is 1. The van der Waals surface area contributed by atoms with Crippen LogP contribution in [-0.4, -0.2) is 34.8 Å². The van der Waals surface area contributed by atoms with Crippen LogP contribution in [0, 0.1) is 0 Å². The number of anilines is 1. The first-order chi connectivity index (χ1) is 12.2. The zero-order valence-corrected chi connectivity index (χ0v) is 15.2. The maximum atomic E-state index is 12.6. The highest BCUT2D eigenvalue weighted by molar-refractivity contribution is 7.98. The van der Waals surface area contributed by atoms with E-state index in [1.54, 1.807) is 23.9 Å². The van der Waals surface area contributed by atoms with Gasteiger partial charge in [-0.05, 0) is 42.7 Å². The molecule has 0 aliphatic rings. The molecule has 3 rings (SSSR count). The average Bonchev–Trinajstić information content (AvgIpc) is 3.27. The van der Waals surface area contributed by atoms with Gasteiger partial charge in [-0.15, -0.1) is 0 Å². The van der Waals surface area contributed by atoms with Crippen molar-refractivity contribution in [2.45, 2.75) is 12.5 Å². The minimum atomic E-state index is -0.655. The summed E-state index contributed by atoms with van der Waals surface area (Å²) in [6.45, 7) is 0. The van der Waals surface area contributed by atoms with Crippen LogP contribution in [0.25, 0.3) is 10.2 Å². The summed E-state index contributed by atoms with van der Waals surface area (Å²) in [6.07, 6.45) is 3.90. The second-order valence-electron chi connectivity index (χ2n) is 5.26. The molecule has 2 N–H and O–H groups in total. The molecule has 1 aromatic carbocycles. The van der Waals surface area contributed by atoms with Gasteiger partial charge in [0.15, 0.2) is 10.9 Å². The minimum absolute atomic E-state index is 0.182. The number of nitrogens with zero attached hydrogens (tertiary/aromatic N) is 1. The maximum Gasteiger partial charge on any atom is 0.287 e. The number of nitrogens with one attached hydrogen (secondary N) is 2. The zero-order valence-electron chi connectivity index (χ0n) is 13.5. The maximum absolute atomic E-state index is 12.6. The second-order valence-corrected chi connectivity index (χ2v) is 7.28. The molecule has 0 radical (unpaired) electrons. The Morgan fingerprint density at radius 3 is 2.84 bits per heavy atom. The monoisotopic (exact) mass is 375 g/mol.